The number of allylic oxidation sites excluding steroid dienone is 2. The van der Waals surface area contributed by atoms with E-state index in [1.54, 1.807) is 49.4 Å². The van der Waals surface area contributed by atoms with Gasteiger partial charge in [-0.1, -0.05) is 52.8 Å². The summed E-state index contributed by atoms with van der Waals surface area (Å²) in [4.78, 5) is 60.7. The molecular formula is C53H70N3O12+. The maximum Gasteiger partial charge on any atom is 0.312 e. The number of fused-ring (bicyclic) bond motifs is 2. The molecule has 368 valence electrons. The van der Waals surface area contributed by atoms with Crippen LogP contribution < -0.4 is 20.2 Å². The van der Waals surface area contributed by atoms with Gasteiger partial charge in [-0.3, -0.25) is 19.2 Å². The van der Waals surface area contributed by atoms with Crippen molar-refractivity contribution in [2.24, 2.45) is 29.6 Å². The van der Waals surface area contributed by atoms with Crippen molar-refractivity contribution >= 4 is 56.3 Å². The monoisotopic (exact) mass is 940 g/mol. The van der Waals surface area contributed by atoms with Gasteiger partial charge in [-0.05, 0) is 70.6 Å². The number of hydrogen-bond acceptors (Lipinski definition) is 13. The summed E-state index contributed by atoms with van der Waals surface area (Å²) in [6.45, 7) is 23.4. The molecule has 0 saturated carbocycles. The van der Waals surface area contributed by atoms with E-state index in [-0.39, 0.29) is 84.8 Å². The van der Waals surface area contributed by atoms with E-state index in [9.17, 15) is 29.4 Å². The number of aromatic nitrogens is 1. The number of nitrogens with one attached hydrogen (secondary N) is 1. The number of hydrogen-bond donors (Lipinski definition) is 3. The number of nitrogens with zero attached hydrogens (tertiary/aromatic N) is 2. The first kappa shape index (κ1) is 51.6. The lowest BCUT2D eigenvalue weighted by Gasteiger charge is -2.42. The molecular weight excluding hydrogens is 871 g/mol. The summed E-state index contributed by atoms with van der Waals surface area (Å²) in [6.07, 6.45) is 6.56. The Morgan fingerprint density at radius 1 is 0.985 bits per heavy atom. The minimum absolute atomic E-state index is 0.00240. The number of aliphatic hydroxyl groups is 1. The van der Waals surface area contributed by atoms with E-state index in [1.807, 2.05) is 34.6 Å². The van der Waals surface area contributed by atoms with Crippen LogP contribution in [0.15, 0.2) is 63.6 Å². The molecule has 6 rings (SSSR count). The van der Waals surface area contributed by atoms with Crippen molar-refractivity contribution < 1.29 is 57.2 Å². The average molecular weight is 941 g/mol. The number of phenolic OH excluding ortho intramolecular Hbond substituents is 1. The number of aliphatic hydroxyl groups excluding tert-OH is 1. The predicted molar refractivity (Wildman–Crippen MR) is 262 cm³/mol. The van der Waals surface area contributed by atoms with Gasteiger partial charge in [-0.15, -0.1) is 0 Å². The van der Waals surface area contributed by atoms with Gasteiger partial charge in [-0.2, -0.15) is 0 Å². The second kappa shape index (κ2) is 19.7. The number of Topliss-reactive ketones (excluding diaryl/α,β-unsaturated/α-hetero) is 1. The Labute approximate surface area is 398 Å². The van der Waals surface area contributed by atoms with E-state index in [0.717, 1.165) is 17.4 Å². The Morgan fingerprint density at radius 2 is 1.68 bits per heavy atom. The molecule has 0 fully saturated rings. The Bertz CT molecular complexity index is 2760. The molecule has 0 unspecified atom stereocenters. The number of carbonyl (C=O) groups excluding carboxylic acids is 3. The van der Waals surface area contributed by atoms with E-state index in [4.69, 9.17) is 33.1 Å². The highest BCUT2D eigenvalue weighted by atomic mass is 16.7. The number of rotatable bonds is 7. The van der Waals surface area contributed by atoms with Crippen LogP contribution in [0.5, 0.6) is 17.2 Å². The maximum atomic E-state index is 14.8. The quantitative estimate of drug-likeness (QED) is 0.0398. The zero-order chi connectivity index (χ0) is 50.4. The third-order valence-electron chi connectivity index (χ3n) is 14.8. The molecule has 2 aliphatic rings. The lowest BCUT2D eigenvalue weighted by molar-refractivity contribution is -0.935. The third-order valence-corrected chi connectivity index (χ3v) is 14.8. The predicted octanol–water partition coefficient (Wildman–Crippen LogP) is 8.92. The Kier molecular flexibility index (Phi) is 14.9. The summed E-state index contributed by atoms with van der Waals surface area (Å²) < 4.78 is 37.8. The number of benzene rings is 3. The number of ether oxygens (including phenoxy) is 5. The fourth-order valence-corrected chi connectivity index (χ4v) is 9.08. The second-order valence-corrected chi connectivity index (χ2v) is 20.5. The molecule has 3 aromatic carbocycles. The Morgan fingerprint density at radius 3 is 2.32 bits per heavy atom. The number of phenols is 1. The Hall–Kier alpha value is -5.77. The number of anilines is 1. The van der Waals surface area contributed by atoms with Gasteiger partial charge in [0, 0.05) is 61.8 Å². The van der Waals surface area contributed by atoms with Crippen LogP contribution in [-0.4, -0.2) is 101 Å². The van der Waals surface area contributed by atoms with Gasteiger partial charge in [0.2, 0.25) is 0 Å². The molecule has 3 heterocycles. The summed E-state index contributed by atoms with van der Waals surface area (Å²) in [5.41, 5.74) is -0.220. The number of ketones is 1. The van der Waals surface area contributed by atoms with Crippen LogP contribution in [0, 0.1) is 36.5 Å². The average Bonchev–Trinajstić information content (AvgIpc) is 3.54. The molecule has 2 aliphatic heterocycles. The highest BCUT2D eigenvalue weighted by molar-refractivity contribution is 6.26. The van der Waals surface area contributed by atoms with Crippen molar-refractivity contribution in [2.45, 2.75) is 119 Å². The number of quaternary nitrogens is 1. The lowest BCUT2D eigenvalue weighted by Crippen LogP contribution is -2.54. The fraction of sp³-hybridized carbons (Fsp3) is 0.528. The van der Waals surface area contributed by atoms with Gasteiger partial charge in [0.25, 0.3) is 11.7 Å². The van der Waals surface area contributed by atoms with E-state index in [2.05, 4.69) is 40.2 Å². The van der Waals surface area contributed by atoms with Crippen LogP contribution in [-0.2, 0) is 23.8 Å². The van der Waals surface area contributed by atoms with Crippen LogP contribution in [0.4, 0.5) is 5.69 Å². The first-order valence-electron chi connectivity index (χ1n) is 23.4. The molecule has 68 heavy (non-hydrogen) atoms. The highest BCUT2D eigenvalue weighted by Gasteiger charge is 2.49. The van der Waals surface area contributed by atoms with Crippen molar-refractivity contribution in [3.05, 3.63) is 75.7 Å². The minimum atomic E-state index is -2.01. The summed E-state index contributed by atoms with van der Waals surface area (Å²) in [6, 6.07) is 5.11. The smallest absolute Gasteiger partial charge is 0.312 e. The number of aromatic hydroxyl groups is 1. The van der Waals surface area contributed by atoms with Crippen molar-refractivity contribution in [1.82, 2.24) is 4.98 Å². The normalized spacial score (nSPS) is 28.2. The lowest BCUT2D eigenvalue weighted by atomic mass is 9.73. The van der Waals surface area contributed by atoms with E-state index < -0.39 is 58.9 Å². The van der Waals surface area contributed by atoms with Crippen LogP contribution >= 0.6 is 0 Å². The number of carbonyl (C=O) groups is 3. The van der Waals surface area contributed by atoms with Crippen molar-refractivity contribution in [2.75, 3.05) is 39.7 Å². The van der Waals surface area contributed by atoms with Crippen LogP contribution in [0.3, 0.4) is 0 Å². The third kappa shape index (κ3) is 9.88. The van der Waals surface area contributed by atoms with Crippen LogP contribution in [0.25, 0.3) is 33.0 Å². The molecule has 4 bridgehead atoms. The molecule has 0 saturated heterocycles. The Balaban J connectivity index is 1.53. The van der Waals surface area contributed by atoms with Gasteiger partial charge in [0.15, 0.2) is 22.3 Å². The SMILES string of the molecule is CO[C@H]1/C=C/O[C@@]2(C)Oc3c(C)c(=O)c4c(O)c(c5oc6cc(OCCC[N+](C)(C)C(C)(C)C)ccc6nc5c4c3C2=O)NC(=O)/C(C)=C\C=C\[C@H](C)[C@H](O)[C@@H](C)[C@@H](C)[C@@H](C)[C@H](OC(C)=O)[C@@H]1C. The first-order valence-corrected chi connectivity index (χ1v) is 23.4. The fourth-order valence-electron chi connectivity index (χ4n) is 9.08. The van der Waals surface area contributed by atoms with E-state index in [0.29, 0.717) is 17.9 Å². The molecule has 0 aliphatic carbocycles. The first-order chi connectivity index (χ1) is 31.7. The van der Waals surface area contributed by atoms with Crippen LogP contribution in [0.1, 0.15) is 98.5 Å². The number of esters is 1. The summed E-state index contributed by atoms with van der Waals surface area (Å²) in [5, 5.41) is 26.2. The van der Waals surface area contributed by atoms with Gasteiger partial charge < -0.3 is 48.1 Å². The molecule has 15 heteroatoms. The van der Waals surface area contributed by atoms with Gasteiger partial charge in [0.1, 0.15) is 34.3 Å². The molecule has 4 aromatic rings. The minimum Gasteiger partial charge on any atom is -0.505 e. The zero-order valence-corrected chi connectivity index (χ0v) is 42.2. The van der Waals surface area contributed by atoms with Crippen molar-refractivity contribution in [3.8, 4) is 17.2 Å². The topological polar surface area (TPSA) is 193 Å². The molecule has 3 N–H and O–H groups in total. The molecule has 9 atom stereocenters. The van der Waals surface area contributed by atoms with Gasteiger partial charge in [-0.25, -0.2) is 4.98 Å². The number of amides is 1. The van der Waals surface area contributed by atoms with Gasteiger partial charge >= 0.3 is 11.8 Å². The van der Waals surface area contributed by atoms with Crippen molar-refractivity contribution in [1.29, 1.82) is 0 Å². The molecule has 0 spiro atoms. The van der Waals surface area contributed by atoms with E-state index in [1.165, 1.54) is 34.1 Å². The largest absolute Gasteiger partial charge is 0.505 e. The molecule has 0 radical (unpaired) electrons. The standard InChI is InChI=1S/C53H69N3O12/c1-27-18-16-19-28(2)51(62)55-43-46(60)40-39(42-49(43)67-38-26-35(20-21-36(38)54-42)64-24-17-23-56(13,14)52(9,10)11)41-48(33(7)45(40)59)68-53(12,50(41)61)65-25-22-37(63-15)32(6)47(66-34(8)57)31(5)29(3)30(4)44(27)58/h16,18-22,25-27,29-32,37,44,47,58H,17,23-24H2,1-15H3,(H-,54,55,59,60,61,62)/p+1/b18-16+,25-22+,28-19-/t27-,29+,30-,31+,32+,37-,44-,47-,53-/m0/s1. The van der Waals surface area contributed by atoms with Gasteiger partial charge in [0.05, 0.1) is 62.2 Å². The number of methoxy groups -OCH3 is 1. The highest BCUT2D eigenvalue weighted by Crippen LogP contribution is 2.48. The summed E-state index contributed by atoms with van der Waals surface area (Å²) >= 11 is 0. The maximum absolute atomic E-state index is 14.8. The second-order valence-electron chi connectivity index (χ2n) is 20.5. The van der Waals surface area contributed by atoms with Crippen molar-refractivity contribution in [3.63, 3.8) is 0 Å². The molecule has 15 nitrogen and oxygen atoms in total. The van der Waals surface area contributed by atoms with Crippen LogP contribution in [0.2, 0.25) is 0 Å². The molecule has 1 aromatic heterocycles. The molecule has 1 amide bonds. The summed E-state index contributed by atoms with van der Waals surface area (Å²) in [5.74, 6) is -5.43. The van der Waals surface area contributed by atoms with E-state index >= 15 is 0 Å². The zero-order valence-electron chi connectivity index (χ0n) is 42.2. The summed E-state index contributed by atoms with van der Waals surface area (Å²) in [7, 11) is 5.88.